The van der Waals surface area contributed by atoms with Crippen molar-refractivity contribution in [2.24, 2.45) is 0 Å². The van der Waals surface area contributed by atoms with Gasteiger partial charge in [-0.1, -0.05) is 11.6 Å². The van der Waals surface area contributed by atoms with Crippen LogP contribution in [0.4, 0.5) is 0 Å². The molecule has 2 N–H and O–H groups in total. The number of rotatable bonds is 4. The molecule has 1 fully saturated rings. The molecule has 3 rings (SSSR count). The van der Waals surface area contributed by atoms with E-state index in [-0.39, 0.29) is 24.2 Å². The summed E-state index contributed by atoms with van der Waals surface area (Å²) in [6, 6.07) is 2.94. The van der Waals surface area contributed by atoms with E-state index in [1.54, 1.807) is 17.0 Å². The van der Waals surface area contributed by atoms with Crippen LogP contribution in [0.2, 0.25) is 0 Å². The standard InChI is InChI=1S/C17H23N3O3.ClH/c21-16(19-12-13-6-8-18-9-7-13)14-4-1-2-10-20(14)17(22)15-5-3-11-23-15;/h3,5-6,11,14,18H,1-2,4,7-10,12H2,(H,19,21);1H. The van der Waals surface area contributed by atoms with E-state index in [4.69, 9.17) is 4.42 Å². The van der Waals surface area contributed by atoms with Crippen molar-refractivity contribution in [1.29, 1.82) is 0 Å². The summed E-state index contributed by atoms with van der Waals surface area (Å²) in [4.78, 5) is 26.7. The van der Waals surface area contributed by atoms with Crippen LogP contribution in [0, 0.1) is 0 Å². The molecule has 7 heteroatoms. The first-order chi connectivity index (χ1) is 11.3. The van der Waals surface area contributed by atoms with Crippen LogP contribution in [-0.4, -0.2) is 48.9 Å². The van der Waals surface area contributed by atoms with E-state index in [9.17, 15) is 9.59 Å². The molecule has 0 spiro atoms. The minimum atomic E-state index is -0.399. The Labute approximate surface area is 148 Å². The molecule has 2 aliphatic rings. The number of furan rings is 1. The summed E-state index contributed by atoms with van der Waals surface area (Å²) in [5.74, 6) is 0.0331. The highest BCUT2D eigenvalue weighted by Crippen LogP contribution is 2.20. The largest absolute Gasteiger partial charge is 0.459 e. The number of carbonyl (C=O) groups is 2. The number of carbonyl (C=O) groups excluding carboxylic acids is 2. The molecular weight excluding hydrogens is 330 g/mol. The summed E-state index contributed by atoms with van der Waals surface area (Å²) in [7, 11) is 0. The van der Waals surface area contributed by atoms with Crippen molar-refractivity contribution in [3.63, 3.8) is 0 Å². The van der Waals surface area contributed by atoms with Gasteiger partial charge in [-0.3, -0.25) is 9.59 Å². The Hall–Kier alpha value is -1.79. The third-order valence-electron chi connectivity index (χ3n) is 4.45. The second-order valence-corrected chi connectivity index (χ2v) is 6.02. The molecule has 0 radical (unpaired) electrons. The third kappa shape index (κ3) is 4.39. The second-order valence-electron chi connectivity index (χ2n) is 6.02. The maximum atomic E-state index is 12.5. The average molecular weight is 354 g/mol. The number of hydrogen-bond donors (Lipinski definition) is 2. The Morgan fingerprint density at radius 3 is 2.96 bits per heavy atom. The first-order valence-corrected chi connectivity index (χ1v) is 8.26. The van der Waals surface area contributed by atoms with E-state index in [0.717, 1.165) is 32.4 Å². The van der Waals surface area contributed by atoms with Gasteiger partial charge in [-0.25, -0.2) is 0 Å². The fraction of sp³-hybridized carbons (Fsp3) is 0.529. The average Bonchev–Trinajstić information content (AvgIpc) is 3.14. The quantitative estimate of drug-likeness (QED) is 0.808. The zero-order valence-corrected chi connectivity index (χ0v) is 14.4. The number of halogens is 1. The number of likely N-dealkylation sites (tertiary alicyclic amines) is 1. The zero-order valence-electron chi connectivity index (χ0n) is 13.6. The summed E-state index contributed by atoms with van der Waals surface area (Å²) in [5.41, 5.74) is 1.25. The van der Waals surface area contributed by atoms with Gasteiger partial charge in [0.2, 0.25) is 5.91 Å². The van der Waals surface area contributed by atoms with Crippen molar-refractivity contribution < 1.29 is 14.0 Å². The summed E-state index contributed by atoms with van der Waals surface area (Å²) >= 11 is 0. The lowest BCUT2D eigenvalue weighted by Crippen LogP contribution is -2.52. The topological polar surface area (TPSA) is 74.6 Å². The second kappa shape index (κ2) is 8.89. The molecule has 2 aliphatic heterocycles. The number of nitrogens with one attached hydrogen (secondary N) is 2. The van der Waals surface area contributed by atoms with Crippen molar-refractivity contribution in [1.82, 2.24) is 15.5 Å². The van der Waals surface area contributed by atoms with Crippen molar-refractivity contribution in [3.05, 3.63) is 35.8 Å². The molecule has 1 unspecified atom stereocenters. The Morgan fingerprint density at radius 1 is 1.38 bits per heavy atom. The predicted molar refractivity (Wildman–Crippen MR) is 93.2 cm³/mol. The molecule has 0 aromatic carbocycles. The van der Waals surface area contributed by atoms with Gasteiger partial charge >= 0.3 is 0 Å². The van der Waals surface area contributed by atoms with E-state index in [0.29, 0.717) is 25.3 Å². The SMILES string of the molecule is Cl.O=C(NCC1=CCNCC1)C1CCCCN1C(=O)c1ccco1. The van der Waals surface area contributed by atoms with Crippen molar-refractivity contribution in [2.45, 2.75) is 31.7 Å². The first kappa shape index (κ1) is 18.5. The molecule has 1 saturated heterocycles. The maximum absolute atomic E-state index is 12.5. The van der Waals surface area contributed by atoms with Gasteiger partial charge in [-0.05, 0) is 44.4 Å². The lowest BCUT2D eigenvalue weighted by molar-refractivity contribution is -0.126. The van der Waals surface area contributed by atoms with E-state index >= 15 is 0 Å². The third-order valence-corrected chi connectivity index (χ3v) is 4.45. The van der Waals surface area contributed by atoms with Gasteiger partial charge in [0.15, 0.2) is 5.76 Å². The predicted octanol–water partition coefficient (Wildman–Crippen LogP) is 1.73. The molecular formula is C17H24ClN3O3. The molecule has 0 aliphatic carbocycles. The fourth-order valence-corrected chi connectivity index (χ4v) is 3.14. The summed E-state index contributed by atoms with van der Waals surface area (Å²) in [6.07, 6.45) is 7.16. The van der Waals surface area contributed by atoms with Gasteiger partial charge in [0.1, 0.15) is 6.04 Å². The van der Waals surface area contributed by atoms with E-state index < -0.39 is 6.04 Å². The molecule has 1 atom stereocenters. The molecule has 1 aromatic heterocycles. The van der Waals surface area contributed by atoms with Crippen LogP contribution in [0.25, 0.3) is 0 Å². The van der Waals surface area contributed by atoms with Gasteiger partial charge in [0.05, 0.1) is 6.26 Å². The van der Waals surface area contributed by atoms with Crippen LogP contribution in [0.1, 0.15) is 36.2 Å². The fourth-order valence-electron chi connectivity index (χ4n) is 3.14. The summed E-state index contributed by atoms with van der Waals surface area (Å²) in [6.45, 7) is 2.98. The van der Waals surface area contributed by atoms with E-state index in [1.807, 2.05) is 0 Å². The lowest BCUT2D eigenvalue weighted by atomic mass is 10.0. The number of hydrogen-bond acceptors (Lipinski definition) is 4. The zero-order chi connectivity index (χ0) is 16.1. The van der Waals surface area contributed by atoms with Gasteiger partial charge in [-0.15, -0.1) is 12.4 Å². The number of amides is 2. The van der Waals surface area contributed by atoms with Gasteiger partial charge in [-0.2, -0.15) is 0 Å². The molecule has 1 aromatic rings. The van der Waals surface area contributed by atoms with Crippen LogP contribution < -0.4 is 10.6 Å². The van der Waals surface area contributed by atoms with Crippen LogP contribution in [-0.2, 0) is 4.79 Å². The monoisotopic (exact) mass is 353 g/mol. The molecule has 24 heavy (non-hydrogen) atoms. The Kier molecular flexibility index (Phi) is 6.87. The van der Waals surface area contributed by atoms with Gasteiger partial charge in [0, 0.05) is 19.6 Å². The van der Waals surface area contributed by atoms with Gasteiger partial charge in [0.25, 0.3) is 5.91 Å². The normalized spacial score (nSPS) is 20.8. The Morgan fingerprint density at radius 2 is 2.25 bits per heavy atom. The smallest absolute Gasteiger partial charge is 0.290 e. The van der Waals surface area contributed by atoms with E-state index in [2.05, 4.69) is 16.7 Å². The molecule has 2 amide bonds. The summed E-state index contributed by atoms with van der Waals surface area (Å²) < 4.78 is 5.19. The minimum absolute atomic E-state index is 0. The van der Waals surface area contributed by atoms with E-state index in [1.165, 1.54) is 11.8 Å². The number of piperidine rings is 1. The molecule has 0 saturated carbocycles. The summed E-state index contributed by atoms with van der Waals surface area (Å²) in [5, 5.41) is 6.24. The molecule has 3 heterocycles. The minimum Gasteiger partial charge on any atom is -0.459 e. The molecule has 6 nitrogen and oxygen atoms in total. The van der Waals surface area contributed by atoms with Gasteiger partial charge < -0.3 is 20.0 Å². The highest BCUT2D eigenvalue weighted by molar-refractivity contribution is 5.95. The van der Waals surface area contributed by atoms with Crippen molar-refractivity contribution in [3.8, 4) is 0 Å². The highest BCUT2D eigenvalue weighted by atomic mass is 35.5. The van der Waals surface area contributed by atoms with Crippen molar-refractivity contribution >= 4 is 24.2 Å². The lowest BCUT2D eigenvalue weighted by Gasteiger charge is -2.34. The van der Waals surface area contributed by atoms with Crippen LogP contribution in [0.15, 0.2) is 34.5 Å². The molecule has 0 bridgehead atoms. The molecule has 132 valence electrons. The van der Waals surface area contributed by atoms with Crippen molar-refractivity contribution in [2.75, 3.05) is 26.2 Å². The highest BCUT2D eigenvalue weighted by Gasteiger charge is 2.33. The Bertz CT molecular complexity index is 586. The Balaban J connectivity index is 0.00000208. The van der Waals surface area contributed by atoms with Crippen LogP contribution in [0.5, 0.6) is 0 Å². The first-order valence-electron chi connectivity index (χ1n) is 8.26. The maximum Gasteiger partial charge on any atom is 0.290 e. The van der Waals surface area contributed by atoms with Crippen LogP contribution in [0.3, 0.4) is 0 Å². The van der Waals surface area contributed by atoms with Crippen LogP contribution >= 0.6 is 12.4 Å². The number of nitrogens with zero attached hydrogens (tertiary/aromatic N) is 1.